The first kappa shape index (κ1) is 13.6. The number of hydrogen-bond donors (Lipinski definition) is 1. The Bertz CT molecular complexity index is 414. The van der Waals surface area contributed by atoms with Crippen LogP contribution in [0.2, 0.25) is 5.02 Å². The van der Waals surface area contributed by atoms with E-state index in [1.807, 2.05) is 18.2 Å². The van der Waals surface area contributed by atoms with Crippen LogP contribution in [0.5, 0.6) is 5.75 Å². The lowest BCUT2D eigenvalue weighted by Crippen LogP contribution is -2.45. The lowest BCUT2D eigenvalue weighted by Gasteiger charge is -2.33. The number of nitrogens with zero attached hydrogens (tertiary/aromatic N) is 1. The van der Waals surface area contributed by atoms with Crippen molar-refractivity contribution in [2.75, 3.05) is 33.9 Å². The summed E-state index contributed by atoms with van der Waals surface area (Å²) in [5.41, 5.74) is 7.24. The van der Waals surface area contributed by atoms with Gasteiger partial charge in [-0.2, -0.15) is 0 Å². The van der Waals surface area contributed by atoms with Gasteiger partial charge in [-0.3, -0.25) is 0 Å². The molecule has 1 saturated heterocycles. The van der Waals surface area contributed by atoms with Crippen LogP contribution in [-0.2, 0) is 4.74 Å². The molecule has 1 heterocycles. The molecule has 0 saturated carbocycles. The highest BCUT2D eigenvalue weighted by molar-refractivity contribution is 6.32. The second-order valence-corrected chi connectivity index (χ2v) is 5.00. The molecule has 0 amide bonds. The van der Waals surface area contributed by atoms with Gasteiger partial charge >= 0.3 is 0 Å². The number of methoxy groups -OCH3 is 1. The summed E-state index contributed by atoms with van der Waals surface area (Å²) >= 11 is 6.00. The van der Waals surface area contributed by atoms with E-state index in [-0.39, 0.29) is 12.1 Å². The largest absolute Gasteiger partial charge is 0.495 e. The van der Waals surface area contributed by atoms with E-state index >= 15 is 0 Å². The molecule has 2 rings (SSSR count). The Hall–Kier alpha value is -0.810. The van der Waals surface area contributed by atoms with Crippen LogP contribution in [0.4, 0.5) is 0 Å². The molecule has 0 radical (unpaired) electrons. The highest BCUT2D eigenvalue weighted by atomic mass is 35.5. The second kappa shape index (κ2) is 5.89. The third kappa shape index (κ3) is 2.95. The zero-order valence-electron chi connectivity index (χ0n) is 10.7. The predicted molar refractivity (Wildman–Crippen MR) is 72.2 cm³/mol. The zero-order chi connectivity index (χ0) is 13.1. The monoisotopic (exact) mass is 270 g/mol. The second-order valence-electron chi connectivity index (χ2n) is 4.59. The van der Waals surface area contributed by atoms with Gasteiger partial charge in [0.25, 0.3) is 0 Å². The number of likely N-dealkylation sites (N-methyl/N-ethyl adjacent to an activating group) is 1. The molecule has 5 heteroatoms. The van der Waals surface area contributed by atoms with E-state index in [1.165, 1.54) is 0 Å². The summed E-state index contributed by atoms with van der Waals surface area (Å²) in [4.78, 5) is 2.22. The van der Waals surface area contributed by atoms with Crippen molar-refractivity contribution in [1.29, 1.82) is 0 Å². The van der Waals surface area contributed by atoms with Crippen LogP contribution >= 0.6 is 11.6 Å². The molecule has 2 atom stereocenters. The van der Waals surface area contributed by atoms with Crippen molar-refractivity contribution in [2.45, 2.75) is 12.1 Å². The van der Waals surface area contributed by atoms with Gasteiger partial charge < -0.3 is 20.1 Å². The SMILES string of the molecule is COc1cc(C(N)C2CN(C)CCO2)ccc1Cl. The third-order valence-corrected chi connectivity index (χ3v) is 3.57. The van der Waals surface area contributed by atoms with E-state index in [4.69, 9.17) is 26.8 Å². The number of rotatable bonds is 3. The van der Waals surface area contributed by atoms with E-state index in [1.54, 1.807) is 7.11 Å². The Morgan fingerprint density at radius 1 is 1.56 bits per heavy atom. The highest BCUT2D eigenvalue weighted by Gasteiger charge is 2.25. The number of benzene rings is 1. The molecule has 0 aliphatic carbocycles. The Labute approximate surface area is 113 Å². The number of halogens is 1. The summed E-state index contributed by atoms with van der Waals surface area (Å²) in [5, 5.41) is 0.593. The van der Waals surface area contributed by atoms with Crippen molar-refractivity contribution in [3.8, 4) is 5.75 Å². The van der Waals surface area contributed by atoms with E-state index < -0.39 is 0 Å². The Morgan fingerprint density at radius 2 is 2.33 bits per heavy atom. The molecule has 1 aromatic rings. The fourth-order valence-corrected chi connectivity index (χ4v) is 2.32. The topological polar surface area (TPSA) is 47.7 Å². The summed E-state index contributed by atoms with van der Waals surface area (Å²) in [5.74, 6) is 0.647. The molecule has 0 spiro atoms. The highest BCUT2D eigenvalue weighted by Crippen LogP contribution is 2.29. The minimum Gasteiger partial charge on any atom is -0.495 e. The van der Waals surface area contributed by atoms with E-state index in [0.29, 0.717) is 10.8 Å². The summed E-state index contributed by atoms with van der Waals surface area (Å²) < 4.78 is 10.9. The fraction of sp³-hybridized carbons (Fsp3) is 0.538. The van der Waals surface area contributed by atoms with Gasteiger partial charge in [-0.15, -0.1) is 0 Å². The molecular weight excluding hydrogens is 252 g/mol. The summed E-state index contributed by atoms with van der Waals surface area (Å²) in [6.07, 6.45) is 0.00892. The van der Waals surface area contributed by atoms with Crippen molar-refractivity contribution in [1.82, 2.24) is 4.90 Å². The average molecular weight is 271 g/mol. The Morgan fingerprint density at radius 3 is 3.00 bits per heavy atom. The summed E-state index contributed by atoms with van der Waals surface area (Å²) in [6.45, 7) is 2.51. The fourth-order valence-electron chi connectivity index (χ4n) is 2.13. The van der Waals surface area contributed by atoms with Crippen LogP contribution in [0.1, 0.15) is 11.6 Å². The first-order valence-corrected chi connectivity index (χ1v) is 6.38. The molecule has 0 bridgehead atoms. The van der Waals surface area contributed by atoms with Crippen LogP contribution in [0.25, 0.3) is 0 Å². The van der Waals surface area contributed by atoms with Gasteiger partial charge in [0.15, 0.2) is 0 Å². The Kier molecular flexibility index (Phi) is 4.45. The van der Waals surface area contributed by atoms with Gasteiger partial charge in [0.1, 0.15) is 5.75 Å². The number of morpholine rings is 1. The first-order valence-electron chi connectivity index (χ1n) is 6.01. The first-order chi connectivity index (χ1) is 8.61. The van der Waals surface area contributed by atoms with Crippen molar-refractivity contribution in [3.63, 3.8) is 0 Å². The number of ether oxygens (including phenoxy) is 2. The molecule has 2 unspecified atom stereocenters. The van der Waals surface area contributed by atoms with Crippen molar-refractivity contribution in [2.24, 2.45) is 5.73 Å². The molecule has 1 aliphatic heterocycles. The molecular formula is C13H19ClN2O2. The van der Waals surface area contributed by atoms with Gasteiger partial charge in [0.2, 0.25) is 0 Å². The van der Waals surface area contributed by atoms with Crippen LogP contribution in [0, 0.1) is 0 Å². The normalized spacial score (nSPS) is 22.8. The molecule has 0 aromatic heterocycles. The molecule has 4 nitrogen and oxygen atoms in total. The number of nitrogens with two attached hydrogens (primary N) is 1. The standard InChI is InChI=1S/C13H19ClN2O2/c1-16-5-6-18-12(8-16)13(15)9-3-4-10(14)11(7-9)17-2/h3-4,7,12-13H,5-6,8,15H2,1-2H3. The maximum atomic E-state index is 6.26. The van der Waals surface area contributed by atoms with Crippen molar-refractivity contribution < 1.29 is 9.47 Å². The maximum absolute atomic E-state index is 6.26. The molecule has 1 fully saturated rings. The Balaban J connectivity index is 2.14. The van der Waals surface area contributed by atoms with Crippen LogP contribution in [0.3, 0.4) is 0 Å². The minimum atomic E-state index is -0.168. The minimum absolute atomic E-state index is 0.00892. The van der Waals surface area contributed by atoms with Crippen molar-refractivity contribution >= 4 is 11.6 Å². The van der Waals surface area contributed by atoms with Gasteiger partial charge in [0, 0.05) is 13.1 Å². The zero-order valence-corrected chi connectivity index (χ0v) is 11.5. The molecule has 18 heavy (non-hydrogen) atoms. The lowest BCUT2D eigenvalue weighted by atomic mass is 10.0. The van der Waals surface area contributed by atoms with Gasteiger partial charge in [-0.25, -0.2) is 0 Å². The van der Waals surface area contributed by atoms with E-state index in [0.717, 1.165) is 25.3 Å². The van der Waals surface area contributed by atoms with Gasteiger partial charge in [-0.05, 0) is 24.7 Å². The summed E-state index contributed by atoms with van der Waals surface area (Å²) in [6, 6.07) is 5.44. The van der Waals surface area contributed by atoms with Gasteiger partial charge in [0.05, 0.1) is 30.9 Å². The lowest BCUT2D eigenvalue weighted by molar-refractivity contribution is -0.0326. The van der Waals surface area contributed by atoms with Crippen molar-refractivity contribution in [3.05, 3.63) is 28.8 Å². The summed E-state index contributed by atoms with van der Waals surface area (Å²) in [7, 11) is 3.67. The average Bonchev–Trinajstić information content (AvgIpc) is 2.38. The molecule has 100 valence electrons. The van der Waals surface area contributed by atoms with E-state index in [2.05, 4.69) is 11.9 Å². The van der Waals surface area contributed by atoms with Crippen LogP contribution in [0.15, 0.2) is 18.2 Å². The van der Waals surface area contributed by atoms with Gasteiger partial charge in [-0.1, -0.05) is 17.7 Å². The molecule has 2 N–H and O–H groups in total. The molecule has 1 aromatic carbocycles. The van der Waals surface area contributed by atoms with E-state index in [9.17, 15) is 0 Å². The van der Waals surface area contributed by atoms with Crippen LogP contribution in [-0.4, -0.2) is 44.9 Å². The van der Waals surface area contributed by atoms with Crippen LogP contribution < -0.4 is 10.5 Å². The predicted octanol–water partition coefficient (Wildman–Crippen LogP) is 1.68. The smallest absolute Gasteiger partial charge is 0.137 e. The third-order valence-electron chi connectivity index (χ3n) is 3.26. The maximum Gasteiger partial charge on any atom is 0.137 e. The number of hydrogen-bond acceptors (Lipinski definition) is 4. The quantitative estimate of drug-likeness (QED) is 0.908. The molecule has 1 aliphatic rings.